The van der Waals surface area contributed by atoms with Crippen LogP contribution < -0.4 is 11.1 Å². The standard InChI is InChI=1S/C23H26N4O4S/c1-27-15-19-12-18(6-7-21(19)32(27,29)30)16-2-4-17(5-3-16)20(13-24)14-26-22(28)23(25)8-10-31-11-9-23/h2-7,12,20H,8-11,14-15,25H2,1H3,(H,26,28)/t20-/m0/s1. The quantitative estimate of drug-likeness (QED) is 0.709. The van der Waals surface area contributed by atoms with Crippen molar-refractivity contribution < 1.29 is 17.9 Å². The van der Waals surface area contributed by atoms with E-state index in [4.69, 9.17) is 10.5 Å². The number of fused-ring (bicyclic) bond motifs is 1. The monoisotopic (exact) mass is 454 g/mol. The van der Waals surface area contributed by atoms with Crippen LogP contribution in [0.15, 0.2) is 47.4 Å². The highest BCUT2D eigenvalue weighted by Gasteiger charge is 2.36. The molecule has 0 spiro atoms. The van der Waals surface area contributed by atoms with Crippen molar-refractivity contribution in [3.8, 4) is 17.2 Å². The summed E-state index contributed by atoms with van der Waals surface area (Å²) in [5.41, 5.74) is 8.65. The molecule has 1 fully saturated rings. The number of rotatable bonds is 5. The van der Waals surface area contributed by atoms with Crippen LogP contribution in [0.4, 0.5) is 0 Å². The first-order valence-corrected chi connectivity index (χ1v) is 11.9. The second-order valence-corrected chi connectivity index (χ2v) is 10.4. The molecule has 1 saturated heterocycles. The molecule has 2 aromatic rings. The van der Waals surface area contributed by atoms with E-state index in [0.717, 1.165) is 22.3 Å². The van der Waals surface area contributed by atoms with Crippen molar-refractivity contribution in [2.45, 2.75) is 35.7 Å². The Bertz CT molecular complexity index is 1170. The molecule has 0 radical (unpaired) electrons. The summed E-state index contributed by atoms with van der Waals surface area (Å²) in [6.45, 7) is 1.45. The van der Waals surface area contributed by atoms with Gasteiger partial charge in [-0.3, -0.25) is 4.79 Å². The molecule has 0 unspecified atom stereocenters. The number of nitrogens with zero attached hydrogens (tertiary/aromatic N) is 2. The van der Waals surface area contributed by atoms with Gasteiger partial charge in [0.05, 0.1) is 22.4 Å². The van der Waals surface area contributed by atoms with E-state index >= 15 is 0 Å². The maximum atomic E-state index is 12.5. The number of hydrogen-bond donors (Lipinski definition) is 2. The van der Waals surface area contributed by atoms with Crippen molar-refractivity contribution in [3.05, 3.63) is 53.6 Å². The molecule has 3 N–H and O–H groups in total. The lowest BCUT2D eigenvalue weighted by molar-refractivity contribution is -0.129. The summed E-state index contributed by atoms with van der Waals surface area (Å²) >= 11 is 0. The number of benzene rings is 2. The van der Waals surface area contributed by atoms with Gasteiger partial charge in [-0.15, -0.1) is 0 Å². The van der Waals surface area contributed by atoms with Crippen molar-refractivity contribution in [1.82, 2.24) is 9.62 Å². The highest BCUT2D eigenvalue weighted by Crippen LogP contribution is 2.33. The van der Waals surface area contributed by atoms with E-state index in [2.05, 4.69) is 11.4 Å². The van der Waals surface area contributed by atoms with Crippen LogP contribution in [0, 0.1) is 11.3 Å². The molecule has 4 rings (SSSR count). The molecule has 0 saturated carbocycles. The zero-order chi connectivity index (χ0) is 22.9. The molecule has 8 nitrogen and oxygen atoms in total. The minimum Gasteiger partial charge on any atom is -0.381 e. The maximum Gasteiger partial charge on any atom is 0.243 e. The van der Waals surface area contributed by atoms with Crippen molar-refractivity contribution in [2.24, 2.45) is 5.73 Å². The van der Waals surface area contributed by atoms with E-state index in [1.807, 2.05) is 30.3 Å². The van der Waals surface area contributed by atoms with Gasteiger partial charge in [0.25, 0.3) is 0 Å². The molecule has 0 bridgehead atoms. The zero-order valence-electron chi connectivity index (χ0n) is 17.9. The topological polar surface area (TPSA) is 126 Å². The highest BCUT2D eigenvalue weighted by atomic mass is 32.2. The lowest BCUT2D eigenvalue weighted by Crippen LogP contribution is -2.57. The van der Waals surface area contributed by atoms with Gasteiger partial charge >= 0.3 is 0 Å². The van der Waals surface area contributed by atoms with E-state index in [9.17, 15) is 18.5 Å². The number of hydrogen-bond acceptors (Lipinski definition) is 6. The zero-order valence-corrected chi connectivity index (χ0v) is 18.7. The van der Waals surface area contributed by atoms with Gasteiger partial charge in [-0.05, 0) is 47.2 Å². The molecule has 1 atom stereocenters. The number of carbonyl (C=O) groups excluding carboxylic acids is 1. The average Bonchev–Trinajstić information content (AvgIpc) is 3.02. The third-order valence-corrected chi connectivity index (χ3v) is 8.15. The van der Waals surface area contributed by atoms with Crippen molar-refractivity contribution in [1.29, 1.82) is 5.26 Å². The number of amides is 1. The predicted octanol–water partition coefficient (Wildman–Crippen LogP) is 1.72. The van der Waals surface area contributed by atoms with Crippen LogP contribution in [0.25, 0.3) is 11.1 Å². The first-order chi connectivity index (χ1) is 15.2. The minimum atomic E-state index is -3.38. The lowest BCUT2D eigenvalue weighted by Gasteiger charge is -2.32. The van der Waals surface area contributed by atoms with Gasteiger partial charge in [0.2, 0.25) is 15.9 Å². The van der Waals surface area contributed by atoms with Crippen LogP contribution in [0.5, 0.6) is 0 Å². The van der Waals surface area contributed by atoms with Crippen molar-refractivity contribution >= 4 is 15.9 Å². The Morgan fingerprint density at radius 3 is 2.53 bits per heavy atom. The average molecular weight is 455 g/mol. The highest BCUT2D eigenvalue weighted by molar-refractivity contribution is 7.89. The van der Waals surface area contributed by atoms with Crippen LogP contribution in [0.2, 0.25) is 0 Å². The molecule has 1 amide bonds. The van der Waals surface area contributed by atoms with Crippen molar-refractivity contribution in [2.75, 3.05) is 26.8 Å². The molecular weight excluding hydrogens is 428 g/mol. The van der Waals surface area contributed by atoms with E-state index in [1.165, 1.54) is 4.31 Å². The summed E-state index contributed by atoms with van der Waals surface area (Å²) in [5, 5.41) is 12.4. The SMILES string of the molecule is CN1Cc2cc(-c3ccc([C@@H](C#N)CNC(=O)C4(N)CCOCC4)cc3)ccc2S1(=O)=O. The Morgan fingerprint density at radius 1 is 1.22 bits per heavy atom. The molecule has 0 aromatic heterocycles. The number of ether oxygens (including phenoxy) is 1. The fourth-order valence-electron chi connectivity index (χ4n) is 4.11. The first kappa shape index (κ1) is 22.4. The van der Waals surface area contributed by atoms with Crippen LogP contribution in [-0.4, -0.2) is 51.0 Å². The van der Waals surface area contributed by atoms with Gasteiger partial charge in [0.1, 0.15) is 0 Å². The van der Waals surface area contributed by atoms with Gasteiger partial charge < -0.3 is 15.8 Å². The maximum absolute atomic E-state index is 12.5. The minimum absolute atomic E-state index is 0.178. The smallest absolute Gasteiger partial charge is 0.243 e. The normalized spacial score (nSPS) is 20.2. The number of nitrogens with one attached hydrogen (secondary N) is 1. The Balaban J connectivity index is 1.45. The molecule has 9 heteroatoms. The second-order valence-electron chi connectivity index (χ2n) is 8.37. The summed E-state index contributed by atoms with van der Waals surface area (Å²) in [4.78, 5) is 12.9. The number of nitriles is 1. The Hall–Kier alpha value is -2.77. The summed E-state index contributed by atoms with van der Waals surface area (Å²) in [6.07, 6.45) is 0.922. The third-order valence-electron chi connectivity index (χ3n) is 6.25. The molecule has 2 aliphatic rings. The Kier molecular flexibility index (Phi) is 6.05. The Labute approximate surface area is 188 Å². The fourth-order valence-corrected chi connectivity index (χ4v) is 5.45. The molecule has 2 heterocycles. The second kappa shape index (κ2) is 8.64. The predicted molar refractivity (Wildman–Crippen MR) is 119 cm³/mol. The number of sulfonamides is 1. The van der Waals surface area contributed by atoms with Gasteiger partial charge in [-0.2, -0.15) is 9.57 Å². The van der Waals surface area contributed by atoms with E-state index in [0.29, 0.717) is 37.5 Å². The first-order valence-electron chi connectivity index (χ1n) is 10.5. The lowest BCUT2D eigenvalue weighted by atomic mass is 9.90. The molecule has 168 valence electrons. The summed E-state index contributed by atoms with van der Waals surface area (Å²) in [6, 6.07) is 15.1. The molecule has 2 aromatic carbocycles. The van der Waals surface area contributed by atoms with Crippen LogP contribution in [0.3, 0.4) is 0 Å². The van der Waals surface area contributed by atoms with E-state index < -0.39 is 21.5 Å². The fraction of sp³-hybridized carbons (Fsp3) is 0.391. The molecule has 2 aliphatic heterocycles. The van der Waals surface area contributed by atoms with Gasteiger partial charge in [0.15, 0.2) is 0 Å². The van der Waals surface area contributed by atoms with Crippen molar-refractivity contribution in [3.63, 3.8) is 0 Å². The summed E-state index contributed by atoms with van der Waals surface area (Å²) < 4.78 is 31.1. The third kappa shape index (κ3) is 4.14. The van der Waals surface area contributed by atoms with Crippen LogP contribution in [0.1, 0.15) is 29.9 Å². The van der Waals surface area contributed by atoms with E-state index in [1.54, 1.807) is 19.2 Å². The largest absolute Gasteiger partial charge is 0.381 e. The van der Waals surface area contributed by atoms with Gasteiger partial charge in [-0.1, -0.05) is 30.3 Å². The van der Waals surface area contributed by atoms with Crippen LogP contribution >= 0.6 is 0 Å². The van der Waals surface area contributed by atoms with Gasteiger partial charge in [-0.25, -0.2) is 8.42 Å². The molecular formula is C23H26N4O4S. The number of carbonyl (C=O) groups is 1. The van der Waals surface area contributed by atoms with Gasteiger partial charge in [0, 0.05) is 33.4 Å². The molecule has 32 heavy (non-hydrogen) atoms. The Morgan fingerprint density at radius 2 is 1.88 bits per heavy atom. The van der Waals surface area contributed by atoms with Crippen LogP contribution in [-0.2, 0) is 26.1 Å². The number of nitrogens with two attached hydrogens (primary N) is 1. The van der Waals surface area contributed by atoms with E-state index in [-0.39, 0.29) is 12.5 Å². The summed E-state index contributed by atoms with van der Waals surface area (Å²) in [5.74, 6) is -0.758. The summed E-state index contributed by atoms with van der Waals surface area (Å²) in [7, 11) is -1.82. The molecule has 0 aliphatic carbocycles.